The topological polar surface area (TPSA) is 33.1 Å². The molecule has 1 aromatic heterocycles. The lowest BCUT2D eigenvalue weighted by atomic mass is 10.2. The van der Waals surface area contributed by atoms with Crippen molar-refractivity contribution in [2.45, 2.75) is 23.3 Å². The molecule has 3 heteroatoms. The number of hydrogen-bond donors (Lipinski definition) is 1. The third-order valence-electron chi connectivity index (χ3n) is 2.21. The van der Waals surface area contributed by atoms with Gasteiger partial charge < -0.3 is 5.11 Å². The van der Waals surface area contributed by atoms with Crippen molar-refractivity contribution in [3.05, 3.63) is 53.9 Å². The van der Waals surface area contributed by atoms with Gasteiger partial charge in [0.2, 0.25) is 0 Å². The minimum absolute atomic E-state index is 0.0965. The summed E-state index contributed by atoms with van der Waals surface area (Å²) in [7, 11) is 0. The summed E-state index contributed by atoms with van der Waals surface area (Å²) in [5.41, 5.74) is 1.97. The molecule has 2 nitrogen and oxygen atoms in total. The number of benzene rings is 1. The Labute approximate surface area is 99.4 Å². The molecule has 82 valence electrons. The molecule has 0 bridgehead atoms. The van der Waals surface area contributed by atoms with Crippen LogP contribution in [-0.2, 0) is 6.61 Å². The summed E-state index contributed by atoms with van der Waals surface area (Å²) >= 11 is 1.70. The summed E-state index contributed by atoms with van der Waals surface area (Å²) < 4.78 is 0. The van der Waals surface area contributed by atoms with Gasteiger partial charge in [0.25, 0.3) is 0 Å². The molecule has 0 saturated heterocycles. The van der Waals surface area contributed by atoms with Crippen molar-refractivity contribution in [3.63, 3.8) is 0 Å². The number of aromatic nitrogens is 1. The van der Waals surface area contributed by atoms with E-state index in [4.69, 9.17) is 5.11 Å². The van der Waals surface area contributed by atoms with Crippen molar-refractivity contribution < 1.29 is 5.11 Å². The Bertz CT molecular complexity index is 468. The van der Waals surface area contributed by atoms with Gasteiger partial charge in [-0.3, -0.25) is 4.98 Å². The molecule has 16 heavy (non-hydrogen) atoms. The van der Waals surface area contributed by atoms with Gasteiger partial charge in [0, 0.05) is 21.7 Å². The highest BCUT2D eigenvalue weighted by Gasteiger charge is 1.98. The maximum atomic E-state index is 8.94. The zero-order chi connectivity index (χ0) is 11.4. The number of hydrogen-bond acceptors (Lipinski definition) is 3. The maximum absolute atomic E-state index is 8.94. The standard InChI is InChI=1S/C13H13NOS/c1-10-8-13(6-7-14-10)16-12-4-2-11(9-15)3-5-12/h2-8,15H,9H2,1H3. The quantitative estimate of drug-likeness (QED) is 0.881. The van der Waals surface area contributed by atoms with Crippen molar-refractivity contribution in [3.8, 4) is 0 Å². The maximum Gasteiger partial charge on any atom is 0.0681 e. The van der Waals surface area contributed by atoms with E-state index in [1.54, 1.807) is 11.8 Å². The second kappa shape index (κ2) is 5.14. The molecule has 1 N–H and O–H groups in total. The van der Waals surface area contributed by atoms with Crippen LogP contribution in [0.1, 0.15) is 11.3 Å². The first kappa shape index (κ1) is 11.2. The molecule has 0 atom stereocenters. The first-order valence-electron chi connectivity index (χ1n) is 5.08. The molecule has 1 heterocycles. The van der Waals surface area contributed by atoms with Crippen molar-refractivity contribution >= 4 is 11.8 Å². The average molecular weight is 231 g/mol. The normalized spacial score (nSPS) is 10.4. The van der Waals surface area contributed by atoms with Gasteiger partial charge in [-0.25, -0.2) is 0 Å². The Kier molecular flexibility index (Phi) is 3.59. The lowest BCUT2D eigenvalue weighted by molar-refractivity contribution is 0.282. The largest absolute Gasteiger partial charge is 0.392 e. The Morgan fingerprint density at radius 2 is 1.88 bits per heavy atom. The van der Waals surface area contributed by atoms with E-state index in [0.717, 1.165) is 11.3 Å². The van der Waals surface area contributed by atoms with Crippen LogP contribution in [0.25, 0.3) is 0 Å². The summed E-state index contributed by atoms with van der Waals surface area (Å²) in [4.78, 5) is 6.52. The van der Waals surface area contributed by atoms with Crippen LogP contribution in [0.15, 0.2) is 52.4 Å². The monoisotopic (exact) mass is 231 g/mol. The summed E-state index contributed by atoms with van der Waals surface area (Å²) in [6.07, 6.45) is 1.82. The van der Waals surface area contributed by atoms with Gasteiger partial charge >= 0.3 is 0 Å². The van der Waals surface area contributed by atoms with E-state index in [1.807, 2.05) is 43.5 Å². The third-order valence-corrected chi connectivity index (χ3v) is 3.21. The highest BCUT2D eigenvalue weighted by Crippen LogP contribution is 2.27. The van der Waals surface area contributed by atoms with E-state index < -0.39 is 0 Å². The Hall–Kier alpha value is -1.32. The highest BCUT2D eigenvalue weighted by atomic mass is 32.2. The SMILES string of the molecule is Cc1cc(Sc2ccc(CO)cc2)ccn1. The predicted octanol–water partition coefficient (Wildman–Crippen LogP) is 3.03. The molecule has 1 aromatic carbocycles. The zero-order valence-corrected chi connectivity index (χ0v) is 9.87. The van der Waals surface area contributed by atoms with Crippen molar-refractivity contribution in [1.29, 1.82) is 0 Å². The van der Waals surface area contributed by atoms with E-state index in [1.165, 1.54) is 9.79 Å². The molecule has 0 saturated carbocycles. The number of aliphatic hydroxyl groups excluding tert-OH is 1. The molecular formula is C13H13NOS. The molecule has 2 rings (SSSR count). The first-order valence-corrected chi connectivity index (χ1v) is 5.90. The minimum atomic E-state index is 0.0965. The summed E-state index contributed by atoms with van der Waals surface area (Å²) in [6, 6.07) is 12.0. The molecule has 2 aromatic rings. The van der Waals surface area contributed by atoms with Crippen LogP contribution in [0.4, 0.5) is 0 Å². The number of aryl methyl sites for hydroxylation is 1. The van der Waals surface area contributed by atoms with Gasteiger partial charge in [0.1, 0.15) is 0 Å². The van der Waals surface area contributed by atoms with Crippen LogP contribution in [0.5, 0.6) is 0 Å². The predicted molar refractivity (Wildman–Crippen MR) is 65.5 cm³/mol. The second-order valence-electron chi connectivity index (χ2n) is 3.54. The van der Waals surface area contributed by atoms with Gasteiger partial charge in [0.15, 0.2) is 0 Å². The van der Waals surface area contributed by atoms with Crippen LogP contribution < -0.4 is 0 Å². The van der Waals surface area contributed by atoms with Gasteiger partial charge in [-0.2, -0.15) is 0 Å². The van der Waals surface area contributed by atoms with E-state index in [9.17, 15) is 0 Å². The fraction of sp³-hybridized carbons (Fsp3) is 0.154. The highest BCUT2D eigenvalue weighted by molar-refractivity contribution is 7.99. The lowest BCUT2D eigenvalue weighted by Gasteiger charge is -2.03. The molecule has 0 fully saturated rings. The van der Waals surface area contributed by atoms with Crippen LogP contribution in [0.3, 0.4) is 0 Å². The van der Waals surface area contributed by atoms with Crippen LogP contribution >= 0.6 is 11.8 Å². The summed E-state index contributed by atoms with van der Waals surface area (Å²) in [5, 5.41) is 8.94. The Morgan fingerprint density at radius 1 is 1.12 bits per heavy atom. The Morgan fingerprint density at radius 3 is 2.50 bits per heavy atom. The zero-order valence-electron chi connectivity index (χ0n) is 9.05. The molecule has 0 aliphatic rings. The minimum Gasteiger partial charge on any atom is -0.392 e. The molecule has 0 radical (unpaired) electrons. The number of rotatable bonds is 3. The molecule has 0 amide bonds. The van der Waals surface area contributed by atoms with Gasteiger partial charge in [-0.15, -0.1) is 0 Å². The van der Waals surface area contributed by atoms with Crippen LogP contribution in [0, 0.1) is 6.92 Å². The number of nitrogens with zero attached hydrogens (tertiary/aromatic N) is 1. The third kappa shape index (κ3) is 2.84. The molecular weight excluding hydrogens is 218 g/mol. The molecule has 0 unspecified atom stereocenters. The summed E-state index contributed by atoms with van der Waals surface area (Å²) in [6.45, 7) is 2.08. The lowest BCUT2D eigenvalue weighted by Crippen LogP contribution is -1.83. The van der Waals surface area contributed by atoms with E-state index in [0.29, 0.717) is 0 Å². The van der Waals surface area contributed by atoms with Gasteiger partial charge in [-0.05, 0) is 36.8 Å². The van der Waals surface area contributed by atoms with Crippen LogP contribution in [-0.4, -0.2) is 10.1 Å². The van der Waals surface area contributed by atoms with Gasteiger partial charge in [0.05, 0.1) is 6.61 Å². The van der Waals surface area contributed by atoms with Crippen LogP contribution in [0.2, 0.25) is 0 Å². The van der Waals surface area contributed by atoms with E-state index in [2.05, 4.69) is 11.1 Å². The second-order valence-corrected chi connectivity index (χ2v) is 4.68. The Balaban J connectivity index is 2.14. The summed E-state index contributed by atoms with van der Waals surface area (Å²) in [5.74, 6) is 0. The fourth-order valence-electron chi connectivity index (χ4n) is 1.38. The molecule has 0 aliphatic carbocycles. The van der Waals surface area contributed by atoms with Crippen molar-refractivity contribution in [2.75, 3.05) is 0 Å². The van der Waals surface area contributed by atoms with Crippen molar-refractivity contribution in [1.82, 2.24) is 4.98 Å². The smallest absolute Gasteiger partial charge is 0.0681 e. The van der Waals surface area contributed by atoms with Gasteiger partial charge in [-0.1, -0.05) is 23.9 Å². The fourth-order valence-corrected chi connectivity index (χ4v) is 2.28. The molecule has 0 aliphatic heterocycles. The van der Waals surface area contributed by atoms with Crippen molar-refractivity contribution in [2.24, 2.45) is 0 Å². The first-order chi connectivity index (χ1) is 7.78. The average Bonchev–Trinajstić information content (AvgIpc) is 2.30. The number of pyridine rings is 1. The number of aliphatic hydroxyl groups is 1. The van der Waals surface area contributed by atoms with E-state index in [-0.39, 0.29) is 6.61 Å². The van der Waals surface area contributed by atoms with E-state index >= 15 is 0 Å². The molecule has 0 spiro atoms.